The van der Waals surface area contributed by atoms with Gasteiger partial charge in [0.1, 0.15) is 11.4 Å². The molecule has 0 unspecified atom stereocenters. The minimum atomic E-state index is -2.20. The molecule has 7 heteroatoms. The van der Waals surface area contributed by atoms with Gasteiger partial charge < -0.3 is 23.1 Å². The molecule has 1 aromatic carbocycles. The second-order valence-corrected chi connectivity index (χ2v) is 24.7. The van der Waals surface area contributed by atoms with E-state index in [-0.39, 0.29) is 29.3 Å². The quantitative estimate of drug-likeness (QED) is 0.231. The van der Waals surface area contributed by atoms with E-state index in [1.54, 1.807) is 7.11 Å². The molecule has 0 saturated carbocycles. The Hall–Kier alpha value is -0.706. The lowest BCUT2D eigenvalue weighted by Gasteiger charge is -2.56. The molecular formula is C32H60O5Si2. The first-order valence-electron chi connectivity index (χ1n) is 15.1. The molecular weight excluding hydrogens is 521 g/mol. The van der Waals surface area contributed by atoms with Crippen LogP contribution in [-0.2, 0) is 24.9 Å². The zero-order valence-electron chi connectivity index (χ0n) is 27.8. The molecule has 1 fully saturated rings. The molecule has 0 aromatic heterocycles. The SMILES string of the molecule is COc1ccc(CO[C@H]2[C@H](C)[C@@H](O[Si](C(C)C)(C(C)C)C(C)C)[C@](C)(CO[Si](C)(C)C(C)(C)C)O[C@@H]2C)cc1. The molecule has 0 aliphatic carbocycles. The third kappa shape index (κ3) is 7.58. The molecule has 1 aromatic rings. The minimum absolute atomic E-state index is 0.0840. The van der Waals surface area contributed by atoms with Gasteiger partial charge in [0.15, 0.2) is 8.32 Å². The monoisotopic (exact) mass is 580 g/mol. The lowest BCUT2D eigenvalue weighted by atomic mass is 9.81. The first-order valence-corrected chi connectivity index (χ1v) is 20.1. The maximum atomic E-state index is 7.56. The van der Waals surface area contributed by atoms with E-state index < -0.39 is 22.2 Å². The summed E-state index contributed by atoms with van der Waals surface area (Å²) >= 11 is 0. The first-order chi connectivity index (χ1) is 17.8. The number of hydrogen-bond donors (Lipinski definition) is 0. The van der Waals surface area contributed by atoms with Crippen molar-refractivity contribution in [2.45, 2.75) is 148 Å². The van der Waals surface area contributed by atoms with E-state index in [1.807, 2.05) is 12.1 Å². The van der Waals surface area contributed by atoms with Gasteiger partial charge in [-0.3, -0.25) is 0 Å². The van der Waals surface area contributed by atoms with Crippen LogP contribution in [0.25, 0.3) is 0 Å². The highest BCUT2D eigenvalue weighted by atomic mass is 28.4. The molecule has 5 atom stereocenters. The van der Waals surface area contributed by atoms with E-state index in [0.717, 1.165) is 11.3 Å². The van der Waals surface area contributed by atoms with Crippen LogP contribution in [0.3, 0.4) is 0 Å². The summed E-state index contributed by atoms with van der Waals surface area (Å²) in [5.74, 6) is 0.993. The molecule has 1 aliphatic rings. The maximum absolute atomic E-state index is 7.56. The summed E-state index contributed by atoms with van der Waals surface area (Å²) in [6.45, 7) is 33.3. The average molecular weight is 581 g/mol. The second kappa shape index (κ2) is 13.1. The largest absolute Gasteiger partial charge is 0.497 e. The van der Waals surface area contributed by atoms with Crippen molar-refractivity contribution in [3.05, 3.63) is 29.8 Å². The molecule has 0 radical (unpaired) electrons. The number of methoxy groups -OCH3 is 1. The van der Waals surface area contributed by atoms with Crippen molar-refractivity contribution in [3.8, 4) is 5.75 Å². The number of rotatable bonds is 12. The zero-order chi connectivity index (χ0) is 30.0. The fourth-order valence-electron chi connectivity index (χ4n) is 6.43. The minimum Gasteiger partial charge on any atom is -0.497 e. The maximum Gasteiger partial charge on any atom is 0.200 e. The van der Waals surface area contributed by atoms with Crippen LogP contribution in [0.2, 0.25) is 34.8 Å². The highest BCUT2D eigenvalue weighted by Gasteiger charge is 2.56. The third-order valence-corrected chi connectivity index (χ3v) is 20.2. The fraction of sp³-hybridized carbons (Fsp3) is 0.812. The fourth-order valence-corrected chi connectivity index (χ4v) is 13.2. The summed E-state index contributed by atoms with van der Waals surface area (Å²) in [7, 11) is -2.49. The van der Waals surface area contributed by atoms with Gasteiger partial charge in [0.25, 0.3) is 0 Å². The van der Waals surface area contributed by atoms with Crippen molar-refractivity contribution in [3.63, 3.8) is 0 Å². The molecule has 39 heavy (non-hydrogen) atoms. The number of hydrogen-bond acceptors (Lipinski definition) is 5. The number of benzene rings is 1. The average Bonchev–Trinajstić information content (AvgIpc) is 2.81. The predicted molar refractivity (Wildman–Crippen MR) is 169 cm³/mol. The van der Waals surface area contributed by atoms with Gasteiger partial charge in [0.2, 0.25) is 8.32 Å². The van der Waals surface area contributed by atoms with Gasteiger partial charge in [-0.05, 0) is 66.3 Å². The van der Waals surface area contributed by atoms with Gasteiger partial charge >= 0.3 is 0 Å². The Morgan fingerprint density at radius 2 is 1.44 bits per heavy atom. The van der Waals surface area contributed by atoms with Gasteiger partial charge in [0.05, 0.1) is 38.6 Å². The van der Waals surface area contributed by atoms with Crippen molar-refractivity contribution in [1.29, 1.82) is 0 Å². The molecule has 0 amide bonds. The van der Waals surface area contributed by atoms with Gasteiger partial charge in [-0.15, -0.1) is 0 Å². The molecule has 0 spiro atoms. The van der Waals surface area contributed by atoms with E-state index in [0.29, 0.717) is 29.8 Å². The molecule has 1 saturated heterocycles. The normalized spacial score (nSPS) is 27.0. The van der Waals surface area contributed by atoms with Crippen LogP contribution < -0.4 is 4.74 Å². The van der Waals surface area contributed by atoms with Crippen molar-refractivity contribution in [1.82, 2.24) is 0 Å². The van der Waals surface area contributed by atoms with Crippen molar-refractivity contribution in [2.24, 2.45) is 5.92 Å². The van der Waals surface area contributed by atoms with E-state index in [9.17, 15) is 0 Å². The van der Waals surface area contributed by atoms with Crippen molar-refractivity contribution >= 4 is 16.6 Å². The Morgan fingerprint density at radius 3 is 1.87 bits per heavy atom. The topological polar surface area (TPSA) is 46.2 Å². The van der Waals surface area contributed by atoms with E-state index in [4.69, 9.17) is 23.1 Å². The summed E-state index contributed by atoms with van der Waals surface area (Å²) in [4.78, 5) is 0. The summed E-state index contributed by atoms with van der Waals surface area (Å²) < 4.78 is 33.3. The van der Waals surface area contributed by atoms with Crippen molar-refractivity contribution < 1.29 is 23.1 Å². The summed E-state index contributed by atoms with van der Waals surface area (Å²) in [6, 6.07) is 8.10. The van der Waals surface area contributed by atoms with Gasteiger partial charge in [0, 0.05) is 5.92 Å². The summed E-state index contributed by atoms with van der Waals surface area (Å²) in [5.41, 5.74) is 2.00. The number of ether oxygens (including phenoxy) is 3. The molecule has 226 valence electrons. The Morgan fingerprint density at radius 1 is 0.923 bits per heavy atom. The van der Waals surface area contributed by atoms with Crippen LogP contribution in [0.5, 0.6) is 5.75 Å². The lowest BCUT2D eigenvalue weighted by Crippen LogP contribution is -2.66. The highest BCUT2D eigenvalue weighted by Crippen LogP contribution is 2.48. The Kier molecular flexibility index (Phi) is 11.6. The molecule has 1 aliphatic heterocycles. The second-order valence-electron chi connectivity index (χ2n) is 14.5. The van der Waals surface area contributed by atoms with Crippen LogP contribution in [0, 0.1) is 5.92 Å². The standard InChI is InChI=1S/C32H60O5Si2/c1-22(2)39(23(3)4,24(5)6)37-30-25(7)29(34-20-27-16-18-28(33-13)19-17-27)26(8)36-32(30,12)21-35-38(14,15)31(9,10)11/h16-19,22-26,29-30H,20-21H2,1-15H3/t25-,26+,29-,30+,32-/m0/s1. The molecule has 0 N–H and O–H groups in total. The van der Waals surface area contributed by atoms with Gasteiger partial charge in [-0.1, -0.05) is 81.4 Å². The molecule has 2 rings (SSSR count). The molecule has 0 bridgehead atoms. The van der Waals surface area contributed by atoms with Crippen LogP contribution in [-0.4, -0.2) is 54.3 Å². The Labute approximate surface area is 242 Å². The van der Waals surface area contributed by atoms with Crippen LogP contribution in [0.4, 0.5) is 0 Å². The summed E-state index contributed by atoms with van der Waals surface area (Å²) in [6.07, 6.45) is -0.297. The Balaban J connectivity index is 2.44. The van der Waals surface area contributed by atoms with Crippen molar-refractivity contribution in [2.75, 3.05) is 13.7 Å². The van der Waals surface area contributed by atoms with E-state index in [1.165, 1.54) is 0 Å². The van der Waals surface area contributed by atoms with Crippen LogP contribution >= 0.6 is 0 Å². The van der Waals surface area contributed by atoms with Crippen LogP contribution in [0.15, 0.2) is 24.3 Å². The third-order valence-electron chi connectivity index (χ3n) is 9.68. The van der Waals surface area contributed by atoms with E-state index in [2.05, 4.69) is 108 Å². The summed E-state index contributed by atoms with van der Waals surface area (Å²) in [5, 5.41) is 0.127. The molecule has 5 nitrogen and oxygen atoms in total. The first kappa shape index (κ1) is 34.5. The van der Waals surface area contributed by atoms with Crippen LogP contribution in [0.1, 0.15) is 88.6 Å². The highest BCUT2D eigenvalue weighted by molar-refractivity contribution is 6.77. The van der Waals surface area contributed by atoms with Gasteiger partial charge in [-0.25, -0.2) is 0 Å². The van der Waals surface area contributed by atoms with E-state index >= 15 is 0 Å². The lowest BCUT2D eigenvalue weighted by molar-refractivity contribution is -0.254. The zero-order valence-corrected chi connectivity index (χ0v) is 29.8. The molecule has 1 heterocycles. The smallest absolute Gasteiger partial charge is 0.200 e. The van der Waals surface area contributed by atoms with Gasteiger partial charge in [-0.2, -0.15) is 0 Å². The predicted octanol–water partition coefficient (Wildman–Crippen LogP) is 8.98. The Bertz CT molecular complexity index is 871.